The fraction of sp³-hybridized carbons (Fsp3) is 0.848. The zero-order chi connectivity index (χ0) is 30.1. The molecule has 5 saturated carbocycles. The van der Waals surface area contributed by atoms with Crippen molar-refractivity contribution in [3.8, 4) is 0 Å². The lowest BCUT2D eigenvalue weighted by Crippen LogP contribution is -2.72. The fourth-order valence-corrected chi connectivity index (χ4v) is 10.9. The number of rotatable bonds is 5. The van der Waals surface area contributed by atoms with Gasteiger partial charge in [-0.15, -0.1) is 0 Å². The lowest BCUT2D eigenvalue weighted by atomic mass is 9.47. The van der Waals surface area contributed by atoms with E-state index in [4.69, 9.17) is 5.73 Å². The van der Waals surface area contributed by atoms with Crippen LogP contribution >= 0.6 is 0 Å². The van der Waals surface area contributed by atoms with Crippen LogP contribution in [0.1, 0.15) is 71.6 Å². The maximum absolute atomic E-state index is 14.2. The zero-order valence-corrected chi connectivity index (χ0v) is 25.0. The molecule has 0 saturated heterocycles. The van der Waals surface area contributed by atoms with E-state index in [-0.39, 0.29) is 30.0 Å². The average molecular weight is 587 g/mol. The van der Waals surface area contributed by atoms with Crippen molar-refractivity contribution >= 4 is 17.5 Å². The maximum atomic E-state index is 14.2. The van der Waals surface area contributed by atoms with Crippen molar-refractivity contribution in [2.45, 2.75) is 102 Å². The van der Waals surface area contributed by atoms with Gasteiger partial charge in [0.05, 0.1) is 18.1 Å². The molecule has 15 atom stereocenters. The number of ketones is 2. The molecular weight excluding hydrogens is 536 g/mol. The van der Waals surface area contributed by atoms with Gasteiger partial charge in [0.1, 0.15) is 29.2 Å². The van der Waals surface area contributed by atoms with Crippen molar-refractivity contribution < 1.29 is 34.8 Å². The lowest BCUT2D eigenvalue weighted by molar-refractivity contribution is -0.246. The molecular formula is C33H50N2O7. The molecule has 0 heterocycles. The third kappa shape index (κ3) is 4.73. The van der Waals surface area contributed by atoms with E-state index in [2.05, 4.69) is 25.2 Å². The summed E-state index contributed by atoms with van der Waals surface area (Å²) in [6.07, 6.45) is 7.39. The summed E-state index contributed by atoms with van der Waals surface area (Å²) in [5.74, 6) is -3.76. The number of carbonyl (C=O) groups excluding carboxylic acids is 3. The summed E-state index contributed by atoms with van der Waals surface area (Å²) in [5.41, 5.74) is 3.20. The van der Waals surface area contributed by atoms with Crippen molar-refractivity contribution in [3.63, 3.8) is 0 Å². The van der Waals surface area contributed by atoms with Crippen LogP contribution < -0.4 is 11.1 Å². The first-order valence-corrected chi connectivity index (χ1v) is 16.5. The second-order valence-corrected chi connectivity index (χ2v) is 15.0. The number of nitrogens with two attached hydrogens (primary N) is 1. The Morgan fingerprint density at radius 2 is 1.67 bits per heavy atom. The van der Waals surface area contributed by atoms with Gasteiger partial charge >= 0.3 is 0 Å². The molecule has 9 nitrogen and oxygen atoms in total. The summed E-state index contributed by atoms with van der Waals surface area (Å²) >= 11 is 0. The number of allylic oxidation sites excluding steroid dienone is 1. The van der Waals surface area contributed by atoms with Gasteiger partial charge in [0.15, 0.2) is 0 Å². The van der Waals surface area contributed by atoms with Crippen LogP contribution in [0.2, 0.25) is 0 Å². The second-order valence-electron chi connectivity index (χ2n) is 15.0. The van der Waals surface area contributed by atoms with Gasteiger partial charge < -0.3 is 31.5 Å². The molecule has 5 fully saturated rings. The van der Waals surface area contributed by atoms with E-state index < -0.39 is 59.3 Å². The normalized spacial score (nSPS) is 50.5. The number of hydrogen-bond acceptors (Lipinski definition) is 8. The molecule has 0 aromatic heterocycles. The van der Waals surface area contributed by atoms with Gasteiger partial charge in [0.2, 0.25) is 5.91 Å². The Hall–Kier alpha value is -1.65. The fourth-order valence-electron chi connectivity index (χ4n) is 10.9. The Morgan fingerprint density at radius 1 is 0.952 bits per heavy atom. The van der Waals surface area contributed by atoms with Gasteiger partial charge in [-0.25, -0.2) is 0 Å². The number of amides is 1. The van der Waals surface area contributed by atoms with E-state index in [1.165, 1.54) is 25.7 Å². The van der Waals surface area contributed by atoms with Crippen molar-refractivity contribution in [2.75, 3.05) is 6.54 Å². The Balaban J connectivity index is 1.27. The Bertz CT molecular complexity index is 1110. The number of hydrogen-bond donors (Lipinski definition) is 6. The summed E-state index contributed by atoms with van der Waals surface area (Å²) in [6.45, 7) is 5.43. The van der Waals surface area contributed by atoms with Crippen LogP contribution in [0.25, 0.3) is 0 Å². The smallest absolute Gasteiger partial charge is 0.230 e. The lowest BCUT2D eigenvalue weighted by Gasteiger charge is -2.59. The minimum absolute atomic E-state index is 0.0716. The topological polar surface area (TPSA) is 170 Å². The van der Waals surface area contributed by atoms with Gasteiger partial charge in [0, 0.05) is 24.3 Å². The molecule has 9 heteroatoms. The first kappa shape index (κ1) is 30.4. The largest absolute Gasteiger partial charge is 0.389 e. The van der Waals surface area contributed by atoms with Gasteiger partial charge in [-0.05, 0) is 86.5 Å². The minimum Gasteiger partial charge on any atom is -0.389 e. The molecule has 6 rings (SSSR count). The average Bonchev–Trinajstić information content (AvgIpc) is 2.93. The highest BCUT2D eigenvalue weighted by molar-refractivity contribution is 6.02. The Kier molecular flexibility index (Phi) is 8.22. The Morgan fingerprint density at radius 3 is 2.36 bits per heavy atom. The van der Waals surface area contributed by atoms with Crippen molar-refractivity contribution in [1.82, 2.24) is 5.32 Å². The summed E-state index contributed by atoms with van der Waals surface area (Å²) in [5, 5.41) is 49.0. The number of aliphatic hydroxyl groups is 4. The minimum atomic E-state index is -2.19. The number of aliphatic hydroxyl groups excluding tert-OH is 3. The molecule has 0 radical (unpaired) electrons. The van der Waals surface area contributed by atoms with E-state index in [1.807, 2.05) is 0 Å². The highest BCUT2D eigenvalue weighted by Crippen LogP contribution is 2.59. The van der Waals surface area contributed by atoms with E-state index in [1.54, 1.807) is 6.08 Å². The summed E-state index contributed by atoms with van der Waals surface area (Å²) in [7, 11) is 0. The molecule has 42 heavy (non-hydrogen) atoms. The van der Waals surface area contributed by atoms with Gasteiger partial charge in [0.25, 0.3) is 0 Å². The van der Waals surface area contributed by atoms with E-state index in [0.717, 1.165) is 19.4 Å². The SMILES string of the molecule is CC(C)NCC1CCC(C2C=CC(O)C3C(=O)C4C(O)[C@]5(O)C(O)C(C(N)=O)C(=O)C[C@@H]5C[C@@H]4CC23)C2CCCCC12. The molecule has 0 spiro atoms. The van der Waals surface area contributed by atoms with Crippen molar-refractivity contribution in [2.24, 2.45) is 70.8 Å². The first-order valence-electron chi connectivity index (χ1n) is 16.5. The third-order valence-electron chi connectivity index (χ3n) is 12.7. The molecule has 0 aliphatic heterocycles. The van der Waals surface area contributed by atoms with Crippen LogP contribution in [0.15, 0.2) is 12.2 Å². The maximum Gasteiger partial charge on any atom is 0.230 e. The van der Waals surface area contributed by atoms with Crippen LogP contribution in [-0.2, 0) is 14.4 Å². The Labute approximate surface area is 248 Å². The predicted octanol–water partition coefficient (Wildman–Crippen LogP) is 1.35. The molecule has 6 aliphatic carbocycles. The summed E-state index contributed by atoms with van der Waals surface area (Å²) in [6, 6.07) is 0.459. The van der Waals surface area contributed by atoms with E-state index in [9.17, 15) is 34.8 Å². The van der Waals surface area contributed by atoms with Crippen LogP contribution in [0.3, 0.4) is 0 Å². The number of primary amides is 1. The van der Waals surface area contributed by atoms with Crippen molar-refractivity contribution in [3.05, 3.63) is 12.2 Å². The van der Waals surface area contributed by atoms with Gasteiger partial charge in [-0.3, -0.25) is 14.4 Å². The van der Waals surface area contributed by atoms with Gasteiger partial charge in [-0.1, -0.05) is 38.8 Å². The number of Topliss-reactive ketones (excluding diaryl/α,β-unsaturated/α-hetero) is 2. The molecule has 0 aromatic carbocycles. The molecule has 6 aliphatic rings. The molecule has 234 valence electrons. The highest BCUT2D eigenvalue weighted by Gasteiger charge is 2.67. The standard InChI is InChI=1S/C33H50N2O7/c1-15(2)35-14-16-7-8-21(20-6-4-3-5-19(16)20)22-9-10-24(36)27-23(22)12-17-11-18-13-25(37)28(32(34)41)31(40)33(18,42)30(39)26(17)29(27)38/h9-10,15-24,26-28,30-31,35-36,39-40,42H,3-8,11-14H2,1-2H3,(H2,34,41)/t16?,17-,18+,19?,20?,21?,22?,23?,24?,26?,27?,28?,30?,31?,33+/m1/s1. The quantitative estimate of drug-likeness (QED) is 0.207. The molecule has 7 N–H and O–H groups in total. The van der Waals surface area contributed by atoms with Gasteiger partial charge in [-0.2, -0.15) is 0 Å². The number of carbonyl (C=O) groups is 3. The number of fused-ring (bicyclic) bond motifs is 4. The molecule has 12 unspecified atom stereocenters. The summed E-state index contributed by atoms with van der Waals surface area (Å²) < 4.78 is 0. The van der Waals surface area contributed by atoms with Crippen LogP contribution in [0.4, 0.5) is 0 Å². The first-order chi connectivity index (χ1) is 19.9. The molecule has 1 amide bonds. The highest BCUT2D eigenvalue weighted by atomic mass is 16.4. The zero-order valence-electron chi connectivity index (χ0n) is 25.0. The number of nitrogens with one attached hydrogen (secondary N) is 1. The summed E-state index contributed by atoms with van der Waals surface area (Å²) in [4.78, 5) is 39.0. The third-order valence-corrected chi connectivity index (χ3v) is 12.7. The predicted molar refractivity (Wildman–Crippen MR) is 154 cm³/mol. The second kappa shape index (κ2) is 11.4. The van der Waals surface area contributed by atoms with Crippen LogP contribution in [0, 0.1) is 65.1 Å². The van der Waals surface area contributed by atoms with Crippen LogP contribution in [0.5, 0.6) is 0 Å². The van der Waals surface area contributed by atoms with E-state index in [0.29, 0.717) is 42.6 Å². The molecule has 0 aromatic rings. The monoisotopic (exact) mass is 586 g/mol. The van der Waals surface area contributed by atoms with Crippen molar-refractivity contribution in [1.29, 1.82) is 0 Å². The van der Waals surface area contributed by atoms with E-state index >= 15 is 0 Å². The van der Waals surface area contributed by atoms with Crippen LogP contribution in [-0.4, -0.2) is 74.4 Å². The molecule has 0 bridgehead atoms.